The predicted octanol–water partition coefficient (Wildman–Crippen LogP) is 7.11. The molecule has 9 heteroatoms. The van der Waals surface area contributed by atoms with Crippen LogP contribution in [0.25, 0.3) is 10.9 Å². The molecule has 1 aromatic heterocycles. The van der Waals surface area contributed by atoms with Crippen LogP contribution in [0.1, 0.15) is 0 Å². The molecule has 2 aromatic carbocycles. The minimum absolute atomic E-state index is 0.0790. The van der Waals surface area contributed by atoms with Crippen molar-refractivity contribution < 1.29 is 9.53 Å². The van der Waals surface area contributed by atoms with Crippen LogP contribution in [0, 0.1) is 0 Å². The first-order valence-electron chi connectivity index (χ1n) is 6.73. The van der Waals surface area contributed by atoms with Gasteiger partial charge in [-0.25, -0.2) is 4.79 Å². The van der Waals surface area contributed by atoms with Gasteiger partial charge in [-0.15, -0.1) is 0 Å². The van der Waals surface area contributed by atoms with Crippen LogP contribution in [0.3, 0.4) is 0 Å². The van der Waals surface area contributed by atoms with E-state index in [1.807, 2.05) is 0 Å². The highest BCUT2D eigenvalue weighted by Gasteiger charge is 2.17. The summed E-state index contributed by atoms with van der Waals surface area (Å²) in [6.07, 6.45) is 0.715. The zero-order valence-electron chi connectivity index (χ0n) is 12.1. The molecule has 1 amide bonds. The SMILES string of the molecule is O=C(Nc1cc(Cl)c(Cl)cc1Cl)Oc1c(Cl)cc(Cl)c2cccnc12. The lowest BCUT2D eigenvalue weighted by molar-refractivity contribution is 0.215. The topological polar surface area (TPSA) is 51.2 Å². The number of pyridine rings is 1. The highest BCUT2D eigenvalue weighted by Crippen LogP contribution is 2.37. The Morgan fingerprint density at radius 1 is 0.920 bits per heavy atom. The number of nitrogens with one attached hydrogen (secondary N) is 1. The Balaban J connectivity index is 1.92. The van der Waals surface area contributed by atoms with E-state index in [-0.39, 0.29) is 31.5 Å². The van der Waals surface area contributed by atoms with Gasteiger partial charge in [-0.05, 0) is 30.3 Å². The van der Waals surface area contributed by atoms with Crippen molar-refractivity contribution in [2.24, 2.45) is 0 Å². The summed E-state index contributed by atoms with van der Waals surface area (Å²) in [5, 5.41) is 4.32. The van der Waals surface area contributed by atoms with E-state index in [4.69, 9.17) is 62.7 Å². The van der Waals surface area contributed by atoms with Crippen LogP contribution in [-0.2, 0) is 0 Å². The largest absolute Gasteiger partial charge is 0.417 e. The fraction of sp³-hybridized carbons (Fsp3) is 0. The van der Waals surface area contributed by atoms with Crippen molar-refractivity contribution in [2.75, 3.05) is 5.32 Å². The maximum absolute atomic E-state index is 12.2. The number of hydrogen-bond acceptors (Lipinski definition) is 3. The van der Waals surface area contributed by atoms with E-state index in [9.17, 15) is 4.79 Å². The fourth-order valence-corrected chi connectivity index (χ4v) is 3.24. The Morgan fingerprint density at radius 2 is 1.60 bits per heavy atom. The normalized spacial score (nSPS) is 10.8. The average molecular weight is 437 g/mol. The van der Waals surface area contributed by atoms with Crippen molar-refractivity contribution in [2.45, 2.75) is 0 Å². The predicted molar refractivity (Wildman–Crippen MR) is 103 cm³/mol. The van der Waals surface area contributed by atoms with E-state index in [1.54, 1.807) is 12.1 Å². The molecule has 0 spiro atoms. The fourth-order valence-electron chi connectivity index (χ4n) is 2.09. The quantitative estimate of drug-likeness (QED) is 0.435. The summed E-state index contributed by atoms with van der Waals surface area (Å²) in [4.78, 5) is 16.4. The number of carbonyl (C=O) groups excluding carboxylic acids is 1. The van der Waals surface area contributed by atoms with E-state index in [0.717, 1.165) is 0 Å². The van der Waals surface area contributed by atoms with Crippen LogP contribution in [0.15, 0.2) is 36.5 Å². The minimum Gasteiger partial charge on any atom is -0.406 e. The Kier molecular flexibility index (Phi) is 5.46. The van der Waals surface area contributed by atoms with E-state index in [0.29, 0.717) is 15.9 Å². The van der Waals surface area contributed by atoms with Gasteiger partial charge in [0.2, 0.25) is 0 Å². The number of amides is 1. The molecule has 3 aromatic rings. The molecule has 0 aliphatic rings. The molecule has 25 heavy (non-hydrogen) atoms. The van der Waals surface area contributed by atoms with Crippen LogP contribution in [0.4, 0.5) is 10.5 Å². The molecule has 0 aliphatic carbocycles. The summed E-state index contributed by atoms with van der Waals surface area (Å²) in [6, 6.07) is 7.74. The summed E-state index contributed by atoms with van der Waals surface area (Å²) >= 11 is 30.1. The number of halogens is 5. The van der Waals surface area contributed by atoms with E-state index in [2.05, 4.69) is 10.3 Å². The number of ether oxygens (including phenoxy) is 1. The van der Waals surface area contributed by atoms with Gasteiger partial charge in [0.1, 0.15) is 5.52 Å². The lowest BCUT2D eigenvalue weighted by Gasteiger charge is -2.12. The number of aromatic nitrogens is 1. The first-order valence-corrected chi connectivity index (χ1v) is 8.62. The molecule has 0 saturated carbocycles. The van der Waals surface area contributed by atoms with E-state index in [1.165, 1.54) is 24.4 Å². The van der Waals surface area contributed by atoms with Gasteiger partial charge in [0.25, 0.3) is 0 Å². The third-order valence-electron chi connectivity index (χ3n) is 3.19. The molecular formula is C16H7Cl5N2O2. The molecule has 0 radical (unpaired) electrons. The Bertz CT molecular complexity index is 994. The highest BCUT2D eigenvalue weighted by atomic mass is 35.5. The average Bonchev–Trinajstić information content (AvgIpc) is 2.56. The zero-order valence-corrected chi connectivity index (χ0v) is 15.9. The summed E-state index contributed by atoms with van der Waals surface area (Å²) < 4.78 is 5.30. The smallest absolute Gasteiger partial charge is 0.406 e. The molecule has 0 saturated heterocycles. The van der Waals surface area contributed by atoms with Crippen molar-refractivity contribution >= 4 is 80.7 Å². The number of fused-ring (bicyclic) bond motifs is 1. The van der Waals surface area contributed by atoms with Crippen molar-refractivity contribution in [1.82, 2.24) is 4.98 Å². The van der Waals surface area contributed by atoms with Crippen LogP contribution >= 0.6 is 58.0 Å². The molecule has 0 aliphatic heterocycles. The molecule has 128 valence electrons. The van der Waals surface area contributed by atoms with Gasteiger partial charge in [-0.2, -0.15) is 0 Å². The van der Waals surface area contributed by atoms with E-state index < -0.39 is 6.09 Å². The summed E-state index contributed by atoms with van der Waals surface area (Å²) in [6.45, 7) is 0. The monoisotopic (exact) mass is 434 g/mol. The molecule has 4 nitrogen and oxygen atoms in total. The van der Waals surface area contributed by atoms with Crippen molar-refractivity contribution in [1.29, 1.82) is 0 Å². The molecule has 0 fully saturated rings. The second-order valence-corrected chi connectivity index (χ2v) is 6.87. The third kappa shape index (κ3) is 3.89. The second kappa shape index (κ2) is 7.44. The Morgan fingerprint density at radius 3 is 2.36 bits per heavy atom. The zero-order chi connectivity index (χ0) is 18.1. The standard InChI is InChI=1S/C16H7Cl5N2O2/c17-8-4-12(21)15(14-7(8)2-1-3-22-14)25-16(24)23-13-6-10(19)9(18)5-11(13)20/h1-6H,(H,23,24). The maximum Gasteiger partial charge on any atom is 0.417 e. The highest BCUT2D eigenvalue weighted by molar-refractivity contribution is 6.44. The molecule has 3 rings (SSSR count). The first kappa shape index (κ1) is 18.4. The minimum atomic E-state index is -0.823. The van der Waals surface area contributed by atoms with Gasteiger partial charge in [0, 0.05) is 11.6 Å². The van der Waals surface area contributed by atoms with Crippen molar-refractivity contribution in [3.8, 4) is 5.75 Å². The number of carbonyl (C=O) groups is 1. The van der Waals surface area contributed by atoms with Crippen LogP contribution in [0.2, 0.25) is 25.1 Å². The van der Waals surface area contributed by atoms with Gasteiger partial charge in [-0.1, -0.05) is 58.0 Å². The van der Waals surface area contributed by atoms with Crippen LogP contribution < -0.4 is 10.1 Å². The molecule has 0 bridgehead atoms. The lowest BCUT2D eigenvalue weighted by atomic mass is 10.2. The first-order chi connectivity index (χ1) is 11.9. The Hall–Kier alpha value is -1.43. The number of hydrogen-bond donors (Lipinski definition) is 1. The summed E-state index contributed by atoms with van der Waals surface area (Å²) in [7, 11) is 0. The van der Waals surface area contributed by atoms with Crippen LogP contribution in [-0.4, -0.2) is 11.1 Å². The van der Waals surface area contributed by atoms with Gasteiger partial charge in [0.15, 0.2) is 5.75 Å². The second-order valence-electron chi connectivity index (χ2n) is 4.83. The molecule has 0 unspecified atom stereocenters. The summed E-state index contributed by atoms with van der Waals surface area (Å²) in [5.74, 6) is 0.0790. The number of benzene rings is 2. The molecule has 1 N–H and O–H groups in total. The van der Waals surface area contributed by atoms with Gasteiger partial charge >= 0.3 is 6.09 Å². The van der Waals surface area contributed by atoms with Gasteiger partial charge < -0.3 is 4.74 Å². The van der Waals surface area contributed by atoms with Gasteiger partial charge in [-0.3, -0.25) is 10.3 Å². The summed E-state index contributed by atoms with van der Waals surface area (Å²) in [5.41, 5.74) is 0.596. The lowest BCUT2D eigenvalue weighted by Crippen LogP contribution is -2.17. The van der Waals surface area contributed by atoms with Crippen molar-refractivity contribution in [3.05, 3.63) is 61.6 Å². The molecular weight excluding hydrogens is 429 g/mol. The molecule has 1 heterocycles. The number of nitrogens with zero attached hydrogens (tertiary/aromatic N) is 1. The third-order valence-corrected chi connectivity index (χ3v) is 4.82. The number of anilines is 1. The Labute approximate surface area is 167 Å². The maximum atomic E-state index is 12.2. The van der Waals surface area contributed by atoms with Crippen LogP contribution in [0.5, 0.6) is 5.75 Å². The number of rotatable bonds is 2. The van der Waals surface area contributed by atoms with E-state index >= 15 is 0 Å². The van der Waals surface area contributed by atoms with Gasteiger partial charge in [0.05, 0.1) is 30.8 Å². The van der Waals surface area contributed by atoms with Crippen molar-refractivity contribution in [3.63, 3.8) is 0 Å². The molecule has 0 atom stereocenters.